The topological polar surface area (TPSA) is 12.0 Å². The van der Waals surface area contributed by atoms with Crippen LogP contribution in [0.2, 0.25) is 5.02 Å². The van der Waals surface area contributed by atoms with Crippen molar-refractivity contribution in [1.29, 1.82) is 0 Å². The Kier molecular flexibility index (Phi) is 5.08. The van der Waals surface area contributed by atoms with Crippen LogP contribution in [0.15, 0.2) is 42.5 Å². The maximum Gasteiger partial charge on any atom is 0.0511 e. The van der Waals surface area contributed by atoms with E-state index in [1.807, 2.05) is 18.2 Å². The molecule has 0 aromatic heterocycles. The highest BCUT2D eigenvalue weighted by Gasteiger charge is 2.12. The smallest absolute Gasteiger partial charge is 0.0511 e. The molecule has 2 heteroatoms. The van der Waals surface area contributed by atoms with Gasteiger partial charge in [0.05, 0.1) is 6.04 Å². The van der Waals surface area contributed by atoms with E-state index in [1.54, 1.807) is 0 Å². The van der Waals surface area contributed by atoms with Crippen molar-refractivity contribution in [2.75, 3.05) is 5.32 Å². The van der Waals surface area contributed by atoms with Crippen LogP contribution in [-0.4, -0.2) is 0 Å². The Balaban J connectivity index is 2.31. The minimum atomic E-state index is 0.292. The summed E-state index contributed by atoms with van der Waals surface area (Å²) in [6.45, 7) is 6.55. The predicted molar refractivity (Wildman–Crippen MR) is 88.7 cm³/mol. The van der Waals surface area contributed by atoms with E-state index in [0.29, 0.717) is 6.04 Å². The number of hydrogen-bond donors (Lipinski definition) is 1. The molecular weight excluding hydrogens is 266 g/mol. The molecule has 20 heavy (non-hydrogen) atoms. The molecule has 106 valence electrons. The van der Waals surface area contributed by atoms with Gasteiger partial charge in [-0.15, -0.1) is 0 Å². The molecule has 0 heterocycles. The minimum absolute atomic E-state index is 0.292. The van der Waals surface area contributed by atoms with Crippen LogP contribution in [0, 0.1) is 6.92 Å². The third-order valence-electron chi connectivity index (χ3n) is 3.72. The van der Waals surface area contributed by atoms with Crippen molar-refractivity contribution in [3.8, 4) is 0 Å². The first-order chi connectivity index (χ1) is 9.65. The van der Waals surface area contributed by atoms with Gasteiger partial charge in [-0.3, -0.25) is 0 Å². The van der Waals surface area contributed by atoms with Crippen molar-refractivity contribution < 1.29 is 0 Å². The molecule has 0 aliphatic carbocycles. The third-order valence-corrected chi connectivity index (χ3v) is 3.95. The number of nitrogens with one attached hydrogen (secondary N) is 1. The summed E-state index contributed by atoms with van der Waals surface area (Å²) in [5, 5.41) is 4.50. The molecule has 0 aliphatic heterocycles. The Morgan fingerprint density at radius 2 is 1.85 bits per heavy atom. The fourth-order valence-electron chi connectivity index (χ4n) is 2.55. The molecule has 2 aromatic rings. The summed E-state index contributed by atoms with van der Waals surface area (Å²) in [5.74, 6) is 0. The molecule has 0 spiro atoms. The first kappa shape index (κ1) is 14.9. The summed E-state index contributed by atoms with van der Waals surface area (Å²) >= 11 is 6.11. The molecular formula is C18H22ClN. The highest BCUT2D eigenvalue weighted by Crippen LogP contribution is 2.29. The lowest BCUT2D eigenvalue weighted by molar-refractivity contribution is 0.746. The molecule has 0 saturated heterocycles. The Morgan fingerprint density at radius 3 is 2.50 bits per heavy atom. The number of rotatable bonds is 5. The fourth-order valence-corrected chi connectivity index (χ4v) is 2.75. The van der Waals surface area contributed by atoms with Gasteiger partial charge in [0.1, 0.15) is 0 Å². The third kappa shape index (κ3) is 3.34. The average molecular weight is 288 g/mol. The zero-order valence-electron chi connectivity index (χ0n) is 12.4. The van der Waals surface area contributed by atoms with Crippen LogP contribution in [0.3, 0.4) is 0 Å². The zero-order valence-corrected chi connectivity index (χ0v) is 13.2. The number of para-hydroxylation sites is 1. The second-order valence-electron chi connectivity index (χ2n) is 5.12. The van der Waals surface area contributed by atoms with Crippen molar-refractivity contribution in [3.63, 3.8) is 0 Å². The lowest BCUT2D eigenvalue weighted by Gasteiger charge is -2.22. The summed E-state index contributed by atoms with van der Waals surface area (Å²) in [6.07, 6.45) is 2.06. The number of benzene rings is 2. The first-order valence-corrected chi connectivity index (χ1v) is 7.64. The number of halogens is 1. The molecule has 0 aliphatic rings. The Hall–Kier alpha value is -1.47. The molecule has 1 N–H and O–H groups in total. The van der Waals surface area contributed by atoms with Crippen LogP contribution >= 0.6 is 11.6 Å². The number of aryl methyl sites for hydroxylation is 2. The monoisotopic (exact) mass is 287 g/mol. The highest BCUT2D eigenvalue weighted by atomic mass is 35.5. The van der Waals surface area contributed by atoms with E-state index in [1.165, 1.54) is 22.4 Å². The lowest BCUT2D eigenvalue weighted by atomic mass is 10.0. The quantitative estimate of drug-likeness (QED) is 0.735. The summed E-state index contributed by atoms with van der Waals surface area (Å²) in [4.78, 5) is 0. The minimum Gasteiger partial charge on any atom is -0.378 e. The molecule has 0 fully saturated rings. The van der Waals surface area contributed by atoms with Crippen LogP contribution in [0.25, 0.3) is 0 Å². The number of hydrogen-bond acceptors (Lipinski definition) is 1. The second kappa shape index (κ2) is 6.81. The Morgan fingerprint density at radius 1 is 1.10 bits per heavy atom. The fraction of sp³-hybridized carbons (Fsp3) is 0.333. The predicted octanol–water partition coefficient (Wildman–Crippen LogP) is 5.77. The normalized spacial score (nSPS) is 12.2. The molecule has 0 bridgehead atoms. The molecule has 1 atom stereocenters. The van der Waals surface area contributed by atoms with Crippen molar-refractivity contribution in [1.82, 2.24) is 0 Å². The number of anilines is 1. The van der Waals surface area contributed by atoms with Gasteiger partial charge in [0.2, 0.25) is 0 Å². The van der Waals surface area contributed by atoms with E-state index in [-0.39, 0.29) is 0 Å². The van der Waals surface area contributed by atoms with Crippen LogP contribution in [0.4, 0.5) is 5.69 Å². The van der Waals surface area contributed by atoms with E-state index < -0.39 is 0 Å². The van der Waals surface area contributed by atoms with Crippen molar-refractivity contribution in [3.05, 3.63) is 64.2 Å². The van der Waals surface area contributed by atoms with E-state index in [4.69, 9.17) is 11.6 Å². The van der Waals surface area contributed by atoms with E-state index in [9.17, 15) is 0 Å². The highest BCUT2D eigenvalue weighted by molar-refractivity contribution is 6.30. The lowest BCUT2D eigenvalue weighted by Crippen LogP contribution is -2.12. The van der Waals surface area contributed by atoms with Crippen LogP contribution in [-0.2, 0) is 6.42 Å². The van der Waals surface area contributed by atoms with Gasteiger partial charge in [-0.25, -0.2) is 0 Å². The molecule has 0 radical (unpaired) electrons. The molecule has 0 amide bonds. The molecule has 0 saturated carbocycles. The van der Waals surface area contributed by atoms with Gasteiger partial charge in [-0.2, -0.15) is 0 Å². The summed E-state index contributed by atoms with van der Waals surface area (Å²) in [5.41, 5.74) is 5.17. The van der Waals surface area contributed by atoms with Crippen LogP contribution in [0.5, 0.6) is 0 Å². The van der Waals surface area contributed by atoms with E-state index >= 15 is 0 Å². The second-order valence-corrected chi connectivity index (χ2v) is 5.56. The van der Waals surface area contributed by atoms with Crippen LogP contribution < -0.4 is 5.32 Å². The molecule has 2 rings (SSSR count). The largest absolute Gasteiger partial charge is 0.378 e. The van der Waals surface area contributed by atoms with Gasteiger partial charge in [0, 0.05) is 10.7 Å². The van der Waals surface area contributed by atoms with E-state index in [0.717, 1.165) is 17.9 Å². The van der Waals surface area contributed by atoms with Gasteiger partial charge in [0.25, 0.3) is 0 Å². The molecule has 2 aromatic carbocycles. The Labute approximate surface area is 127 Å². The Bertz CT molecular complexity index is 577. The van der Waals surface area contributed by atoms with Gasteiger partial charge in [-0.05, 0) is 48.6 Å². The standard InChI is InChI=1S/C18H22ClN/c1-4-14-9-6-8-13(3)18(14)20-17(5-2)15-10-7-11-16(19)12-15/h6-12,17,20H,4-5H2,1-3H3. The zero-order chi connectivity index (χ0) is 14.5. The van der Waals surface area contributed by atoms with Crippen molar-refractivity contribution >= 4 is 17.3 Å². The SMILES string of the molecule is CCc1cccc(C)c1NC(CC)c1cccc(Cl)c1. The van der Waals surface area contributed by atoms with Gasteiger partial charge < -0.3 is 5.32 Å². The van der Waals surface area contributed by atoms with Crippen molar-refractivity contribution in [2.45, 2.75) is 39.7 Å². The van der Waals surface area contributed by atoms with E-state index in [2.05, 4.69) is 50.4 Å². The first-order valence-electron chi connectivity index (χ1n) is 7.26. The van der Waals surface area contributed by atoms with Crippen molar-refractivity contribution in [2.24, 2.45) is 0 Å². The van der Waals surface area contributed by atoms with Gasteiger partial charge in [-0.1, -0.05) is 55.8 Å². The summed E-state index contributed by atoms with van der Waals surface area (Å²) in [6, 6.07) is 14.9. The van der Waals surface area contributed by atoms with Crippen LogP contribution in [0.1, 0.15) is 43.0 Å². The van der Waals surface area contributed by atoms with Gasteiger partial charge >= 0.3 is 0 Å². The maximum atomic E-state index is 6.11. The average Bonchev–Trinajstić information content (AvgIpc) is 2.45. The molecule has 1 unspecified atom stereocenters. The molecule has 1 nitrogen and oxygen atoms in total. The van der Waals surface area contributed by atoms with Gasteiger partial charge in [0.15, 0.2) is 0 Å². The maximum absolute atomic E-state index is 6.11. The summed E-state index contributed by atoms with van der Waals surface area (Å²) in [7, 11) is 0. The summed E-state index contributed by atoms with van der Waals surface area (Å²) < 4.78 is 0.